The maximum atomic E-state index is 4.69. The number of aromatic nitrogens is 5. The van der Waals surface area contributed by atoms with Gasteiger partial charge in [0.1, 0.15) is 0 Å². The molecule has 1 saturated carbocycles. The highest BCUT2D eigenvalue weighted by atomic mass is 15.3. The number of anilines is 1. The minimum atomic E-state index is 0.453. The number of nitrogens with one attached hydrogen (secondary N) is 1. The van der Waals surface area contributed by atoms with Gasteiger partial charge in [-0.2, -0.15) is 0 Å². The highest BCUT2D eigenvalue weighted by molar-refractivity contribution is 5.86. The first-order chi connectivity index (χ1) is 15.2. The molecule has 0 bridgehead atoms. The zero-order valence-corrected chi connectivity index (χ0v) is 17.6. The summed E-state index contributed by atoms with van der Waals surface area (Å²) in [4.78, 5) is 18.4. The highest BCUT2D eigenvalue weighted by Crippen LogP contribution is 2.30. The molecule has 1 saturated heterocycles. The van der Waals surface area contributed by atoms with E-state index < -0.39 is 0 Å². The second kappa shape index (κ2) is 7.55. The molecule has 158 valence electrons. The molecule has 4 aromatic rings. The molecule has 1 aliphatic carbocycles. The van der Waals surface area contributed by atoms with Crippen molar-refractivity contribution >= 4 is 22.5 Å². The van der Waals surface area contributed by atoms with Crippen molar-refractivity contribution in [1.29, 1.82) is 0 Å². The summed E-state index contributed by atoms with van der Waals surface area (Å²) in [5.74, 6) is 0.692. The molecule has 0 radical (unpaired) electrons. The van der Waals surface area contributed by atoms with Gasteiger partial charge in [-0.3, -0.25) is 4.90 Å². The molecule has 0 amide bonds. The fourth-order valence-electron chi connectivity index (χ4n) is 4.70. The Bertz CT molecular complexity index is 1220. The van der Waals surface area contributed by atoms with Crippen molar-refractivity contribution in [1.82, 2.24) is 34.4 Å². The number of rotatable bonds is 4. The molecule has 8 heteroatoms. The maximum Gasteiger partial charge on any atom is 0.241 e. The molecular weight excluding hydrogens is 388 g/mol. The predicted molar refractivity (Wildman–Crippen MR) is 121 cm³/mol. The van der Waals surface area contributed by atoms with E-state index in [4.69, 9.17) is 5.10 Å². The van der Waals surface area contributed by atoms with Crippen molar-refractivity contribution in [3.8, 4) is 11.1 Å². The first kappa shape index (κ1) is 18.7. The van der Waals surface area contributed by atoms with Gasteiger partial charge >= 0.3 is 0 Å². The fourth-order valence-corrected chi connectivity index (χ4v) is 4.70. The molecule has 2 fully saturated rings. The molecule has 1 N–H and O–H groups in total. The van der Waals surface area contributed by atoms with Crippen molar-refractivity contribution < 1.29 is 0 Å². The van der Waals surface area contributed by atoms with Gasteiger partial charge in [0.05, 0.1) is 11.7 Å². The van der Waals surface area contributed by atoms with Crippen LogP contribution in [0.1, 0.15) is 12.8 Å². The Morgan fingerprint density at radius 2 is 1.87 bits per heavy atom. The molecule has 0 aromatic carbocycles. The van der Waals surface area contributed by atoms with Crippen LogP contribution >= 0.6 is 0 Å². The topological polar surface area (TPSA) is 74.5 Å². The van der Waals surface area contributed by atoms with E-state index in [1.54, 1.807) is 6.20 Å². The van der Waals surface area contributed by atoms with Crippen molar-refractivity contribution in [3.63, 3.8) is 0 Å². The van der Waals surface area contributed by atoms with Gasteiger partial charge in [0.2, 0.25) is 5.95 Å². The SMILES string of the molecule is CN1CCN(C2CC(Nc3ncc4c(-c5cnc6ncccc6c5)ccn4n3)C2)CC1. The molecular formula is C23H26N8. The molecule has 0 atom stereocenters. The predicted octanol–water partition coefficient (Wildman–Crippen LogP) is 2.53. The van der Waals surface area contributed by atoms with E-state index in [0.29, 0.717) is 18.0 Å². The van der Waals surface area contributed by atoms with Crippen LogP contribution in [0.5, 0.6) is 0 Å². The lowest BCUT2D eigenvalue weighted by atomic mass is 9.85. The summed E-state index contributed by atoms with van der Waals surface area (Å²) >= 11 is 0. The van der Waals surface area contributed by atoms with Crippen LogP contribution in [0, 0.1) is 0 Å². The van der Waals surface area contributed by atoms with E-state index in [-0.39, 0.29) is 0 Å². The van der Waals surface area contributed by atoms with E-state index >= 15 is 0 Å². The van der Waals surface area contributed by atoms with Gasteiger partial charge in [-0.05, 0) is 44.2 Å². The number of fused-ring (bicyclic) bond motifs is 2. The Hall–Kier alpha value is -3.10. The smallest absolute Gasteiger partial charge is 0.241 e. The van der Waals surface area contributed by atoms with Gasteiger partial charge in [0.15, 0.2) is 5.65 Å². The van der Waals surface area contributed by atoms with Crippen molar-refractivity contribution in [2.75, 3.05) is 38.5 Å². The number of hydrogen-bond acceptors (Lipinski definition) is 7. The van der Waals surface area contributed by atoms with Gasteiger partial charge in [-0.25, -0.2) is 19.5 Å². The van der Waals surface area contributed by atoms with Crippen molar-refractivity contribution in [2.24, 2.45) is 0 Å². The largest absolute Gasteiger partial charge is 0.350 e. The molecule has 31 heavy (non-hydrogen) atoms. The first-order valence-electron chi connectivity index (χ1n) is 11.0. The maximum absolute atomic E-state index is 4.69. The van der Waals surface area contributed by atoms with Crippen LogP contribution in [0.15, 0.2) is 49.1 Å². The van der Waals surface area contributed by atoms with Crippen LogP contribution < -0.4 is 5.32 Å². The molecule has 8 nitrogen and oxygen atoms in total. The summed E-state index contributed by atoms with van der Waals surface area (Å²) < 4.78 is 1.90. The van der Waals surface area contributed by atoms with Crippen LogP contribution in [0.25, 0.3) is 27.7 Å². The molecule has 4 aromatic heterocycles. The number of pyridine rings is 2. The second-order valence-corrected chi connectivity index (χ2v) is 8.72. The summed E-state index contributed by atoms with van der Waals surface area (Å²) in [5, 5.41) is 9.24. The number of piperazine rings is 1. The lowest BCUT2D eigenvalue weighted by Gasteiger charge is -2.46. The van der Waals surface area contributed by atoms with Gasteiger partial charge in [0, 0.05) is 73.4 Å². The Labute approximate surface area is 180 Å². The molecule has 0 unspecified atom stereocenters. The third kappa shape index (κ3) is 3.51. The lowest BCUT2D eigenvalue weighted by molar-refractivity contribution is 0.0656. The summed E-state index contributed by atoms with van der Waals surface area (Å²) in [5.41, 5.74) is 3.84. The zero-order chi connectivity index (χ0) is 20.8. The van der Waals surface area contributed by atoms with Crippen molar-refractivity contribution in [3.05, 3.63) is 49.1 Å². The van der Waals surface area contributed by atoms with Crippen LogP contribution in [0.2, 0.25) is 0 Å². The van der Waals surface area contributed by atoms with Gasteiger partial charge in [0.25, 0.3) is 0 Å². The van der Waals surface area contributed by atoms with Crippen LogP contribution in [0.3, 0.4) is 0 Å². The van der Waals surface area contributed by atoms with Gasteiger partial charge < -0.3 is 10.2 Å². The monoisotopic (exact) mass is 414 g/mol. The number of hydrogen-bond donors (Lipinski definition) is 1. The van der Waals surface area contributed by atoms with Gasteiger partial charge in [-0.15, -0.1) is 5.10 Å². The van der Waals surface area contributed by atoms with Crippen LogP contribution in [0.4, 0.5) is 5.95 Å². The molecule has 5 heterocycles. The zero-order valence-electron chi connectivity index (χ0n) is 17.6. The summed E-state index contributed by atoms with van der Waals surface area (Å²) in [6.07, 6.45) is 9.84. The van der Waals surface area contributed by atoms with Crippen LogP contribution in [-0.2, 0) is 0 Å². The Morgan fingerprint density at radius 3 is 2.74 bits per heavy atom. The van der Waals surface area contributed by atoms with E-state index in [0.717, 1.165) is 27.7 Å². The minimum Gasteiger partial charge on any atom is -0.350 e. The number of nitrogens with zero attached hydrogens (tertiary/aromatic N) is 7. The second-order valence-electron chi connectivity index (χ2n) is 8.72. The van der Waals surface area contributed by atoms with E-state index in [1.165, 1.54) is 39.0 Å². The average molecular weight is 415 g/mol. The minimum absolute atomic E-state index is 0.453. The standard InChI is InChI=1S/C23H26N8/c1-29-7-9-30(10-8-29)19-12-18(13-19)27-23-26-15-21-20(4-6-31(21)28-23)17-11-16-3-2-5-24-22(16)25-14-17/h2-6,11,14-15,18-19H,7-10,12-13H2,1H3,(H,27,28). The molecule has 1 aliphatic heterocycles. The molecule has 0 spiro atoms. The summed E-state index contributed by atoms with van der Waals surface area (Å²) in [7, 11) is 2.20. The normalized spacial score (nSPS) is 22.6. The Kier molecular flexibility index (Phi) is 4.54. The first-order valence-corrected chi connectivity index (χ1v) is 11.0. The molecule has 6 rings (SSSR count). The van der Waals surface area contributed by atoms with E-state index in [9.17, 15) is 0 Å². The third-order valence-corrected chi connectivity index (χ3v) is 6.68. The van der Waals surface area contributed by atoms with Crippen molar-refractivity contribution in [2.45, 2.75) is 24.9 Å². The summed E-state index contributed by atoms with van der Waals surface area (Å²) in [6, 6.07) is 9.30. The summed E-state index contributed by atoms with van der Waals surface area (Å²) in [6.45, 7) is 4.71. The lowest BCUT2D eigenvalue weighted by Crippen LogP contribution is -2.55. The van der Waals surface area contributed by atoms with Gasteiger partial charge in [-0.1, -0.05) is 0 Å². The Morgan fingerprint density at radius 1 is 1.00 bits per heavy atom. The van der Waals surface area contributed by atoms with E-state index in [2.05, 4.69) is 49.2 Å². The third-order valence-electron chi connectivity index (χ3n) is 6.68. The number of likely N-dealkylation sites (N-methyl/N-ethyl adjacent to an activating group) is 1. The van der Waals surface area contributed by atoms with Crippen LogP contribution in [-0.4, -0.2) is 79.7 Å². The van der Waals surface area contributed by atoms with E-state index in [1.807, 2.05) is 35.2 Å². The quantitative estimate of drug-likeness (QED) is 0.550. The average Bonchev–Trinajstić information content (AvgIpc) is 3.20. The highest BCUT2D eigenvalue weighted by Gasteiger charge is 2.35. The molecule has 2 aliphatic rings. The Balaban J connectivity index is 1.16. The fraction of sp³-hybridized carbons (Fsp3) is 0.391.